The molecular weight excluding hydrogens is 455 g/mol. The van der Waals surface area contributed by atoms with Gasteiger partial charge in [-0.3, -0.25) is 14.5 Å². The van der Waals surface area contributed by atoms with Crippen LogP contribution in [0.5, 0.6) is 0 Å². The van der Waals surface area contributed by atoms with Crippen LogP contribution < -0.4 is 4.90 Å². The van der Waals surface area contributed by atoms with E-state index in [4.69, 9.17) is 16.6 Å². The van der Waals surface area contributed by atoms with Crippen molar-refractivity contribution in [3.05, 3.63) is 46.1 Å². The van der Waals surface area contributed by atoms with Crippen molar-refractivity contribution in [2.75, 3.05) is 18.0 Å². The van der Waals surface area contributed by atoms with Crippen molar-refractivity contribution in [1.82, 2.24) is 23.8 Å². The summed E-state index contributed by atoms with van der Waals surface area (Å²) in [5, 5.41) is 0.645. The van der Waals surface area contributed by atoms with E-state index in [1.54, 1.807) is 9.80 Å². The fourth-order valence-electron chi connectivity index (χ4n) is 4.33. The van der Waals surface area contributed by atoms with E-state index in [9.17, 15) is 14.0 Å². The average Bonchev–Trinajstić information content (AvgIpc) is 3.48. The summed E-state index contributed by atoms with van der Waals surface area (Å²) in [6, 6.07) is 3.68. The van der Waals surface area contributed by atoms with Gasteiger partial charge in [0, 0.05) is 31.6 Å². The van der Waals surface area contributed by atoms with E-state index in [1.807, 2.05) is 18.4 Å². The first kappa shape index (κ1) is 21.0. The molecular formula is C21H20ClFN6O2S. The van der Waals surface area contributed by atoms with Gasteiger partial charge in [-0.2, -0.15) is 4.37 Å². The van der Waals surface area contributed by atoms with Crippen LogP contribution in [0, 0.1) is 12.7 Å². The molecule has 0 aliphatic carbocycles. The molecule has 0 saturated carbocycles. The summed E-state index contributed by atoms with van der Waals surface area (Å²) in [5.74, 6) is 0.948. The molecule has 166 valence electrons. The zero-order valence-electron chi connectivity index (χ0n) is 17.5. The number of carbonyl (C=O) groups is 2. The van der Waals surface area contributed by atoms with Gasteiger partial charge in [0.25, 0.3) is 5.91 Å². The van der Waals surface area contributed by atoms with Crippen LogP contribution in [0.1, 0.15) is 47.7 Å². The largest absolute Gasteiger partial charge is 0.328 e. The molecule has 1 fully saturated rings. The Morgan fingerprint density at radius 2 is 2.06 bits per heavy atom. The molecule has 0 bridgehead atoms. The SMILES string of the molecule is Cc1nsc(-c2nc(N3CCCC3=O)c3n2CCN(C(=O)c2ccc(Cl)c(F)c2)[C@@H]3C)n1. The zero-order valence-corrected chi connectivity index (χ0v) is 19.1. The van der Waals surface area contributed by atoms with Crippen molar-refractivity contribution in [2.45, 2.75) is 39.3 Å². The van der Waals surface area contributed by atoms with Crippen molar-refractivity contribution in [3.63, 3.8) is 0 Å². The predicted molar refractivity (Wildman–Crippen MR) is 118 cm³/mol. The lowest BCUT2D eigenvalue weighted by atomic mass is 10.1. The minimum absolute atomic E-state index is 0.0151. The first-order valence-corrected chi connectivity index (χ1v) is 11.5. The third-order valence-corrected chi connectivity index (χ3v) is 7.00. The fraction of sp³-hybridized carbons (Fsp3) is 0.381. The Morgan fingerprint density at radius 3 is 2.72 bits per heavy atom. The minimum Gasteiger partial charge on any atom is -0.328 e. The van der Waals surface area contributed by atoms with E-state index in [2.05, 4.69) is 9.36 Å². The Bertz CT molecular complexity index is 1240. The molecule has 2 aliphatic heterocycles. The van der Waals surface area contributed by atoms with Gasteiger partial charge < -0.3 is 9.47 Å². The first-order valence-electron chi connectivity index (χ1n) is 10.3. The Morgan fingerprint density at radius 1 is 1.25 bits per heavy atom. The summed E-state index contributed by atoms with van der Waals surface area (Å²) in [6.07, 6.45) is 1.24. The molecule has 2 amide bonds. The first-order chi connectivity index (χ1) is 15.3. The van der Waals surface area contributed by atoms with Crippen molar-refractivity contribution in [2.24, 2.45) is 0 Å². The number of fused-ring (bicyclic) bond motifs is 1. The number of aromatic nitrogens is 4. The number of hydrogen-bond acceptors (Lipinski definition) is 6. The maximum absolute atomic E-state index is 14.0. The number of aryl methyl sites for hydroxylation is 1. The van der Waals surface area contributed by atoms with Crippen LogP contribution in [0.4, 0.5) is 10.2 Å². The normalized spacial score (nSPS) is 18.4. The van der Waals surface area contributed by atoms with Gasteiger partial charge >= 0.3 is 0 Å². The highest BCUT2D eigenvalue weighted by Gasteiger charge is 2.38. The van der Waals surface area contributed by atoms with Gasteiger partial charge in [-0.15, -0.1) is 0 Å². The van der Waals surface area contributed by atoms with E-state index in [-0.39, 0.29) is 28.4 Å². The average molecular weight is 475 g/mol. The highest BCUT2D eigenvalue weighted by Crippen LogP contribution is 2.39. The number of amides is 2. The number of benzene rings is 1. The summed E-state index contributed by atoms with van der Waals surface area (Å²) in [6.45, 7) is 5.19. The van der Waals surface area contributed by atoms with Crippen molar-refractivity contribution < 1.29 is 14.0 Å². The van der Waals surface area contributed by atoms with Crippen LogP contribution in [0.3, 0.4) is 0 Å². The Labute approximate surface area is 192 Å². The molecule has 1 saturated heterocycles. The lowest BCUT2D eigenvalue weighted by Gasteiger charge is -2.36. The number of hydrogen-bond donors (Lipinski definition) is 0. The van der Waals surface area contributed by atoms with E-state index in [0.717, 1.165) is 18.2 Å². The van der Waals surface area contributed by atoms with Gasteiger partial charge in [-0.05, 0) is 50.0 Å². The van der Waals surface area contributed by atoms with Gasteiger partial charge in [0.05, 0.1) is 16.8 Å². The van der Waals surface area contributed by atoms with Crippen LogP contribution in [-0.4, -0.2) is 48.7 Å². The van der Waals surface area contributed by atoms with Crippen LogP contribution >= 0.6 is 23.1 Å². The predicted octanol–water partition coefficient (Wildman–Crippen LogP) is 3.85. The van der Waals surface area contributed by atoms with Gasteiger partial charge in [0.1, 0.15) is 11.6 Å². The summed E-state index contributed by atoms with van der Waals surface area (Å²) in [5.41, 5.74) is 1.00. The van der Waals surface area contributed by atoms with Gasteiger partial charge in [0.2, 0.25) is 5.91 Å². The molecule has 11 heteroatoms. The topological polar surface area (TPSA) is 84.2 Å². The second-order valence-electron chi connectivity index (χ2n) is 7.89. The fourth-order valence-corrected chi connectivity index (χ4v) is 5.12. The maximum Gasteiger partial charge on any atom is 0.254 e. The molecule has 0 radical (unpaired) electrons. The standard InChI is InChI=1S/C21H20ClFN6O2S/c1-11-17-18(28-7-3-4-16(28)30)25-19(20-24-12(2)26-32-20)29(17)9-8-27(11)21(31)13-5-6-14(22)15(23)10-13/h5-6,10-11H,3-4,7-9H2,1-2H3/t11-/m1/s1. The van der Waals surface area contributed by atoms with Crippen molar-refractivity contribution >= 4 is 40.8 Å². The molecule has 4 heterocycles. The van der Waals surface area contributed by atoms with E-state index in [0.29, 0.717) is 48.5 Å². The number of imidazole rings is 1. The van der Waals surface area contributed by atoms with E-state index >= 15 is 0 Å². The molecule has 5 rings (SSSR count). The number of halogens is 2. The number of rotatable bonds is 3. The second-order valence-corrected chi connectivity index (χ2v) is 9.05. The van der Waals surface area contributed by atoms with Crippen LogP contribution in [0.25, 0.3) is 10.8 Å². The van der Waals surface area contributed by atoms with E-state index in [1.165, 1.54) is 23.7 Å². The van der Waals surface area contributed by atoms with Crippen LogP contribution in [0.2, 0.25) is 5.02 Å². The molecule has 8 nitrogen and oxygen atoms in total. The van der Waals surface area contributed by atoms with Gasteiger partial charge in [-0.1, -0.05) is 11.6 Å². The summed E-state index contributed by atoms with van der Waals surface area (Å²) in [4.78, 5) is 38.4. The third-order valence-electron chi connectivity index (χ3n) is 5.89. The van der Waals surface area contributed by atoms with Crippen molar-refractivity contribution in [3.8, 4) is 10.8 Å². The second kappa shape index (κ2) is 7.93. The molecule has 2 aromatic heterocycles. The Balaban J connectivity index is 1.58. The zero-order chi connectivity index (χ0) is 22.6. The summed E-state index contributed by atoms with van der Waals surface area (Å²) in [7, 11) is 0. The summed E-state index contributed by atoms with van der Waals surface area (Å²) < 4.78 is 20.3. The number of anilines is 1. The number of nitrogens with zero attached hydrogens (tertiary/aromatic N) is 6. The highest BCUT2D eigenvalue weighted by atomic mass is 35.5. The molecule has 32 heavy (non-hydrogen) atoms. The Kier molecular flexibility index (Phi) is 5.21. The van der Waals surface area contributed by atoms with Gasteiger partial charge in [0.15, 0.2) is 16.6 Å². The Hall–Kier alpha value is -2.85. The molecule has 2 aliphatic rings. The maximum atomic E-state index is 14.0. The highest BCUT2D eigenvalue weighted by molar-refractivity contribution is 7.09. The molecule has 0 N–H and O–H groups in total. The molecule has 1 aromatic carbocycles. The smallest absolute Gasteiger partial charge is 0.254 e. The lowest BCUT2D eigenvalue weighted by Crippen LogP contribution is -2.42. The minimum atomic E-state index is -0.635. The molecule has 3 aromatic rings. The molecule has 0 unspecified atom stereocenters. The monoisotopic (exact) mass is 474 g/mol. The van der Waals surface area contributed by atoms with E-state index < -0.39 is 5.82 Å². The quantitative estimate of drug-likeness (QED) is 0.575. The number of carbonyl (C=O) groups excluding carboxylic acids is 2. The molecule has 1 atom stereocenters. The third kappa shape index (κ3) is 3.38. The van der Waals surface area contributed by atoms with Crippen LogP contribution in [-0.2, 0) is 11.3 Å². The summed E-state index contributed by atoms with van der Waals surface area (Å²) >= 11 is 7.04. The molecule has 0 spiro atoms. The lowest BCUT2D eigenvalue weighted by molar-refractivity contribution is -0.117. The van der Waals surface area contributed by atoms with Crippen molar-refractivity contribution in [1.29, 1.82) is 0 Å². The van der Waals surface area contributed by atoms with Gasteiger partial charge in [-0.25, -0.2) is 14.4 Å². The van der Waals surface area contributed by atoms with Crippen LogP contribution in [0.15, 0.2) is 18.2 Å².